The van der Waals surface area contributed by atoms with Crippen molar-refractivity contribution < 1.29 is 5.11 Å². The lowest BCUT2D eigenvalue weighted by Gasteiger charge is -2.33. The van der Waals surface area contributed by atoms with E-state index in [1.54, 1.807) is 12.1 Å². The molecule has 0 bridgehead atoms. The van der Waals surface area contributed by atoms with Gasteiger partial charge in [-0.05, 0) is 25.0 Å². The van der Waals surface area contributed by atoms with Gasteiger partial charge in [0.15, 0.2) is 0 Å². The molecule has 1 aromatic heterocycles. The highest BCUT2D eigenvalue weighted by Crippen LogP contribution is 2.25. The first kappa shape index (κ1) is 15.0. The van der Waals surface area contributed by atoms with Crippen LogP contribution in [0, 0.1) is 0 Å². The molecule has 3 nitrogen and oxygen atoms in total. The van der Waals surface area contributed by atoms with Crippen LogP contribution in [0.3, 0.4) is 0 Å². The molecule has 19 heavy (non-hydrogen) atoms. The SMILES string of the molecule is OCCN(Cc1nc(Cl)ccc1Cl)C1CCCCC1. The van der Waals surface area contributed by atoms with E-state index in [1.807, 2.05) is 0 Å². The summed E-state index contributed by atoms with van der Waals surface area (Å²) in [4.78, 5) is 6.58. The second kappa shape index (κ2) is 7.44. The van der Waals surface area contributed by atoms with E-state index in [1.165, 1.54) is 32.1 Å². The van der Waals surface area contributed by atoms with Crippen LogP contribution in [0.1, 0.15) is 37.8 Å². The van der Waals surface area contributed by atoms with Crippen LogP contribution in [0.15, 0.2) is 12.1 Å². The molecule has 0 aromatic carbocycles. The van der Waals surface area contributed by atoms with Gasteiger partial charge in [0, 0.05) is 19.1 Å². The zero-order valence-electron chi connectivity index (χ0n) is 11.0. The van der Waals surface area contributed by atoms with E-state index in [4.69, 9.17) is 23.2 Å². The molecule has 1 heterocycles. The number of aliphatic hydroxyl groups is 1. The predicted molar refractivity (Wildman–Crippen MR) is 78.6 cm³/mol. The van der Waals surface area contributed by atoms with Gasteiger partial charge in [0.1, 0.15) is 5.15 Å². The van der Waals surface area contributed by atoms with E-state index in [-0.39, 0.29) is 6.61 Å². The van der Waals surface area contributed by atoms with E-state index in [0.29, 0.717) is 29.3 Å². The summed E-state index contributed by atoms with van der Waals surface area (Å²) >= 11 is 12.1. The minimum absolute atomic E-state index is 0.161. The Kier molecular flexibility index (Phi) is 5.89. The van der Waals surface area contributed by atoms with E-state index in [0.717, 1.165) is 5.69 Å². The van der Waals surface area contributed by atoms with Crippen LogP contribution in [-0.2, 0) is 6.54 Å². The summed E-state index contributed by atoms with van der Waals surface area (Å²) < 4.78 is 0. The first-order valence-electron chi connectivity index (χ1n) is 6.86. The standard InChI is InChI=1S/C14H20Cl2N2O/c15-12-6-7-14(16)17-13(12)10-18(8-9-19)11-4-2-1-3-5-11/h6-7,11,19H,1-5,8-10H2. The van der Waals surface area contributed by atoms with Crippen molar-refractivity contribution in [2.24, 2.45) is 0 Å². The lowest BCUT2D eigenvalue weighted by Crippen LogP contribution is -2.38. The van der Waals surface area contributed by atoms with Gasteiger partial charge in [-0.15, -0.1) is 0 Å². The maximum Gasteiger partial charge on any atom is 0.129 e. The van der Waals surface area contributed by atoms with Crippen LogP contribution in [0.25, 0.3) is 0 Å². The Bertz CT molecular complexity index is 408. The van der Waals surface area contributed by atoms with Gasteiger partial charge in [-0.1, -0.05) is 42.5 Å². The Morgan fingerprint density at radius 2 is 1.95 bits per heavy atom. The van der Waals surface area contributed by atoms with Crippen LogP contribution < -0.4 is 0 Å². The molecule has 2 rings (SSSR count). The molecule has 1 aliphatic rings. The highest BCUT2D eigenvalue weighted by Gasteiger charge is 2.22. The molecule has 5 heteroatoms. The van der Waals surface area contributed by atoms with E-state index in [2.05, 4.69) is 9.88 Å². The van der Waals surface area contributed by atoms with Gasteiger partial charge in [0.25, 0.3) is 0 Å². The van der Waals surface area contributed by atoms with Crippen molar-refractivity contribution in [1.82, 2.24) is 9.88 Å². The number of rotatable bonds is 5. The topological polar surface area (TPSA) is 36.4 Å². The van der Waals surface area contributed by atoms with Crippen LogP contribution in [0.2, 0.25) is 10.2 Å². The largest absolute Gasteiger partial charge is 0.395 e. The fourth-order valence-electron chi connectivity index (χ4n) is 2.73. The van der Waals surface area contributed by atoms with Crippen LogP contribution in [0.5, 0.6) is 0 Å². The molecular weight excluding hydrogens is 283 g/mol. The summed E-state index contributed by atoms with van der Waals surface area (Å²) in [6.45, 7) is 1.48. The molecule has 1 N–H and O–H groups in total. The quantitative estimate of drug-likeness (QED) is 0.846. The average molecular weight is 303 g/mol. The molecule has 1 saturated carbocycles. The number of aliphatic hydroxyl groups excluding tert-OH is 1. The number of aromatic nitrogens is 1. The molecule has 0 aliphatic heterocycles. The van der Waals surface area contributed by atoms with Crippen molar-refractivity contribution >= 4 is 23.2 Å². The monoisotopic (exact) mass is 302 g/mol. The van der Waals surface area contributed by atoms with Gasteiger partial charge < -0.3 is 5.11 Å². The minimum Gasteiger partial charge on any atom is -0.395 e. The Labute approximate surface area is 124 Å². The Hall–Kier alpha value is -0.350. The molecular formula is C14H20Cl2N2O. The van der Waals surface area contributed by atoms with Gasteiger partial charge in [0.05, 0.1) is 17.3 Å². The second-order valence-electron chi connectivity index (χ2n) is 5.05. The van der Waals surface area contributed by atoms with Crippen molar-refractivity contribution in [1.29, 1.82) is 0 Å². The van der Waals surface area contributed by atoms with Crippen LogP contribution in [0.4, 0.5) is 0 Å². The third kappa shape index (κ3) is 4.32. The lowest BCUT2D eigenvalue weighted by atomic mass is 9.94. The molecule has 0 atom stereocenters. The Balaban J connectivity index is 2.08. The van der Waals surface area contributed by atoms with Crippen molar-refractivity contribution in [3.63, 3.8) is 0 Å². The lowest BCUT2D eigenvalue weighted by molar-refractivity contribution is 0.116. The third-order valence-electron chi connectivity index (χ3n) is 3.72. The zero-order chi connectivity index (χ0) is 13.7. The number of nitrogens with zero attached hydrogens (tertiary/aromatic N) is 2. The van der Waals surface area contributed by atoms with E-state index >= 15 is 0 Å². The smallest absolute Gasteiger partial charge is 0.129 e. The number of hydrogen-bond acceptors (Lipinski definition) is 3. The first-order chi connectivity index (χ1) is 9.20. The molecule has 0 unspecified atom stereocenters. The van der Waals surface area contributed by atoms with Crippen LogP contribution >= 0.6 is 23.2 Å². The van der Waals surface area contributed by atoms with Crippen molar-refractivity contribution in [2.45, 2.75) is 44.7 Å². The summed E-state index contributed by atoms with van der Waals surface area (Å²) in [5.74, 6) is 0. The molecule has 0 spiro atoms. The van der Waals surface area contributed by atoms with Gasteiger partial charge in [0.2, 0.25) is 0 Å². The molecule has 1 fully saturated rings. The number of hydrogen-bond donors (Lipinski definition) is 1. The fraction of sp³-hybridized carbons (Fsp3) is 0.643. The van der Waals surface area contributed by atoms with Gasteiger partial charge in [-0.25, -0.2) is 4.98 Å². The molecule has 1 aliphatic carbocycles. The van der Waals surface area contributed by atoms with E-state index < -0.39 is 0 Å². The van der Waals surface area contributed by atoms with Gasteiger partial charge in [-0.2, -0.15) is 0 Å². The van der Waals surface area contributed by atoms with Crippen molar-refractivity contribution in [3.8, 4) is 0 Å². The summed E-state index contributed by atoms with van der Waals surface area (Å²) in [7, 11) is 0. The zero-order valence-corrected chi connectivity index (χ0v) is 12.5. The fourth-order valence-corrected chi connectivity index (χ4v) is 3.06. The average Bonchev–Trinajstić information content (AvgIpc) is 2.43. The molecule has 1 aromatic rings. The number of halogens is 2. The third-order valence-corrected chi connectivity index (χ3v) is 4.27. The van der Waals surface area contributed by atoms with Gasteiger partial charge >= 0.3 is 0 Å². The molecule has 0 saturated heterocycles. The predicted octanol–water partition coefficient (Wildman–Crippen LogP) is 3.52. The highest BCUT2D eigenvalue weighted by atomic mass is 35.5. The van der Waals surface area contributed by atoms with E-state index in [9.17, 15) is 5.11 Å². The number of pyridine rings is 1. The minimum atomic E-state index is 0.161. The van der Waals surface area contributed by atoms with Crippen LogP contribution in [-0.4, -0.2) is 34.2 Å². The summed E-state index contributed by atoms with van der Waals surface area (Å²) in [6.07, 6.45) is 6.24. The maximum absolute atomic E-state index is 9.25. The molecule has 0 amide bonds. The second-order valence-corrected chi connectivity index (χ2v) is 5.84. The maximum atomic E-state index is 9.25. The summed E-state index contributed by atoms with van der Waals surface area (Å²) in [5.41, 5.74) is 0.799. The molecule has 106 valence electrons. The molecule has 0 radical (unpaired) electrons. The summed E-state index contributed by atoms with van der Waals surface area (Å²) in [5, 5.41) is 10.4. The summed E-state index contributed by atoms with van der Waals surface area (Å²) in [6, 6.07) is 4.01. The Morgan fingerprint density at radius 1 is 1.21 bits per heavy atom. The van der Waals surface area contributed by atoms with Crippen molar-refractivity contribution in [2.75, 3.05) is 13.2 Å². The Morgan fingerprint density at radius 3 is 2.63 bits per heavy atom. The van der Waals surface area contributed by atoms with Gasteiger partial charge in [-0.3, -0.25) is 4.90 Å². The normalized spacial score (nSPS) is 17.1. The van der Waals surface area contributed by atoms with Crippen molar-refractivity contribution in [3.05, 3.63) is 28.0 Å². The first-order valence-corrected chi connectivity index (χ1v) is 7.62. The highest BCUT2D eigenvalue weighted by molar-refractivity contribution is 6.32.